The minimum absolute atomic E-state index is 0.116. The van der Waals surface area contributed by atoms with Gasteiger partial charge in [-0.25, -0.2) is 4.39 Å². The van der Waals surface area contributed by atoms with Crippen molar-refractivity contribution in [2.45, 2.75) is 6.36 Å². The molecule has 112 valence electrons. The molecule has 0 aliphatic rings. The number of benzene rings is 2. The summed E-state index contributed by atoms with van der Waals surface area (Å²) in [6.07, 6.45) is -4.97. The summed E-state index contributed by atoms with van der Waals surface area (Å²) in [5.74, 6) is -2.12. The van der Waals surface area contributed by atoms with Gasteiger partial charge in [0.1, 0.15) is 0 Å². The summed E-state index contributed by atoms with van der Waals surface area (Å²) in [7, 11) is 0. The molecule has 0 atom stereocenters. The van der Waals surface area contributed by atoms with E-state index in [0.29, 0.717) is 5.56 Å². The van der Waals surface area contributed by atoms with E-state index in [2.05, 4.69) is 4.74 Å². The van der Waals surface area contributed by atoms with Crippen LogP contribution in [0.1, 0.15) is 0 Å². The first-order chi connectivity index (χ1) is 9.67. The van der Waals surface area contributed by atoms with Crippen molar-refractivity contribution >= 4 is 34.8 Å². The molecule has 0 aliphatic heterocycles. The van der Waals surface area contributed by atoms with Crippen molar-refractivity contribution in [1.82, 2.24) is 0 Å². The molecule has 2 aromatic rings. The first-order valence-electron chi connectivity index (χ1n) is 5.37. The van der Waals surface area contributed by atoms with Gasteiger partial charge < -0.3 is 4.74 Å². The molecule has 0 aromatic heterocycles. The predicted molar refractivity (Wildman–Crippen MR) is 73.5 cm³/mol. The highest BCUT2D eigenvalue weighted by molar-refractivity contribution is 6.45. The van der Waals surface area contributed by atoms with Crippen molar-refractivity contribution in [1.29, 1.82) is 0 Å². The minimum Gasteiger partial charge on any atom is -0.403 e. The largest absolute Gasteiger partial charge is 0.573 e. The van der Waals surface area contributed by atoms with Crippen molar-refractivity contribution in [3.63, 3.8) is 0 Å². The van der Waals surface area contributed by atoms with Gasteiger partial charge in [-0.3, -0.25) is 0 Å². The van der Waals surface area contributed by atoms with Crippen LogP contribution < -0.4 is 4.74 Å². The summed E-state index contributed by atoms with van der Waals surface area (Å²) >= 11 is 17.6. The first kappa shape index (κ1) is 16.2. The number of alkyl halides is 3. The van der Waals surface area contributed by atoms with Crippen LogP contribution in [-0.2, 0) is 0 Å². The Morgan fingerprint density at radius 1 is 0.952 bits per heavy atom. The molecule has 0 aliphatic carbocycles. The standard InChI is InChI=1S/C13H5Cl3F4O/c14-7-4-8(12(16)9(15)5-7)6-1-2-11(10(17)3-6)21-13(18,19)20/h1-5H. The van der Waals surface area contributed by atoms with E-state index in [1.807, 2.05) is 0 Å². The minimum atomic E-state index is -4.97. The average Bonchev–Trinajstić information content (AvgIpc) is 2.35. The van der Waals surface area contributed by atoms with Gasteiger partial charge in [0.05, 0.1) is 10.0 Å². The zero-order valence-corrected chi connectivity index (χ0v) is 12.2. The van der Waals surface area contributed by atoms with Crippen LogP contribution in [0.4, 0.5) is 17.6 Å². The van der Waals surface area contributed by atoms with Gasteiger partial charge in [0.25, 0.3) is 0 Å². The Kier molecular flexibility index (Phi) is 4.56. The van der Waals surface area contributed by atoms with E-state index >= 15 is 0 Å². The highest BCUT2D eigenvalue weighted by Gasteiger charge is 2.32. The fraction of sp³-hybridized carbons (Fsp3) is 0.0769. The van der Waals surface area contributed by atoms with Gasteiger partial charge in [-0.2, -0.15) is 0 Å². The number of hydrogen-bond donors (Lipinski definition) is 0. The number of rotatable bonds is 2. The van der Waals surface area contributed by atoms with Crippen LogP contribution in [0.5, 0.6) is 5.75 Å². The maximum atomic E-state index is 13.7. The first-order valence-corrected chi connectivity index (χ1v) is 6.51. The van der Waals surface area contributed by atoms with E-state index in [-0.39, 0.29) is 20.6 Å². The van der Waals surface area contributed by atoms with E-state index in [9.17, 15) is 17.6 Å². The topological polar surface area (TPSA) is 9.23 Å². The molecule has 1 nitrogen and oxygen atoms in total. The normalized spacial score (nSPS) is 11.6. The quantitative estimate of drug-likeness (QED) is 0.448. The third-order valence-electron chi connectivity index (χ3n) is 2.46. The zero-order chi connectivity index (χ0) is 15.8. The lowest BCUT2D eigenvalue weighted by Crippen LogP contribution is -2.17. The molecule has 0 unspecified atom stereocenters. The van der Waals surface area contributed by atoms with E-state index in [1.165, 1.54) is 18.2 Å². The fourth-order valence-corrected chi connectivity index (χ4v) is 2.35. The number of hydrogen-bond acceptors (Lipinski definition) is 1. The third-order valence-corrected chi connectivity index (χ3v) is 3.48. The van der Waals surface area contributed by atoms with Crippen LogP contribution in [0.25, 0.3) is 11.1 Å². The van der Waals surface area contributed by atoms with Crippen molar-refractivity contribution in [2.24, 2.45) is 0 Å². The smallest absolute Gasteiger partial charge is 0.403 e. The molecule has 0 N–H and O–H groups in total. The molecule has 0 saturated heterocycles. The summed E-state index contributed by atoms with van der Waals surface area (Å²) in [6, 6.07) is 5.75. The van der Waals surface area contributed by atoms with E-state index in [0.717, 1.165) is 12.1 Å². The van der Waals surface area contributed by atoms with Gasteiger partial charge >= 0.3 is 6.36 Å². The molecule has 2 aromatic carbocycles. The van der Waals surface area contributed by atoms with E-state index in [4.69, 9.17) is 34.8 Å². The Labute approximate surface area is 132 Å². The van der Waals surface area contributed by atoms with Crippen LogP contribution in [0.2, 0.25) is 15.1 Å². The molecule has 21 heavy (non-hydrogen) atoms. The molecule has 0 spiro atoms. The third kappa shape index (κ3) is 3.93. The lowest BCUT2D eigenvalue weighted by Gasteiger charge is -2.12. The molecule has 0 fully saturated rings. The average molecular weight is 360 g/mol. The van der Waals surface area contributed by atoms with Crippen LogP contribution >= 0.6 is 34.8 Å². The summed E-state index contributed by atoms with van der Waals surface area (Å²) in [4.78, 5) is 0. The maximum absolute atomic E-state index is 13.7. The summed E-state index contributed by atoms with van der Waals surface area (Å²) in [5.41, 5.74) is 0.517. The monoisotopic (exact) mass is 358 g/mol. The molecule has 0 heterocycles. The summed E-state index contributed by atoms with van der Waals surface area (Å²) in [5, 5.41) is 0.524. The van der Waals surface area contributed by atoms with E-state index < -0.39 is 17.9 Å². The van der Waals surface area contributed by atoms with Crippen LogP contribution in [0, 0.1) is 5.82 Å². The van der Waals surface area contributed by atoms with Gasteiger partial charge in [0.15, 0.2) is 11.6 Å². The van der Waals surface area contributed by atoms with Gasteiger partial charge in [0.2, 0.25) is 0 Å². The van der Waals surface area contributed by atoms with Crippen molar-refractivity contribution in [3.05, 3.63) is 51.2 Å². The number of ether oxygens (including phenoxy) is 1. The van der Waals surface area contributed by atoms with Crippen molar-refractivity contribution in [2.75, 3.05) is 0 Å². The number of halogens is 7. The Balaban J connectivity index is 2.46. The van der Waals surface area contributed by atoms with Crippen LogP contribution in [-0.4, -0.2) is 6.36 Å². The van der Waals surface area contributed by atoms with Crippen LogP contribution in [0.15, 0.2) is 30.3 Å². The zero-order valence-electron chi connectivity index (χ0n) is 9.94. The molecular weight excluding hydrogens is 354 g/mol. The summed E-state index contributed by atoms with van der Waals surface area (Å²) in [6.45, 7) is 0. The highest BCUT2D eigenvalue weighted by Crippen LogP contribution is 2.38. The van der Waals surface area contributed by atoms with Crippen molar-refractivity contribution in [3.8, 4) is 16.9 Å². The molecule has 0 saturated carbocycles. The summed E-state index contributed by atoms with van der Waals surface area (Å²) < 4.78 is 53.4. The molecule has 8 heteroatoms. The maximum Gasteiger partial charge on any atom is 0.573 e. The molecule has 0 bridgehead atoms. The Bertz CT molecular complexity index is 686. The highest BCUT2D eigenvalue weighted by atomic mass is 35.5. The molecular formula is C13H5Cl3F4O. The molecule has 2 rings (SSSR count). The lowest BCUT2D eigenvalue weighted by molar-refractivity contribution is -0.275. The van der Waals surface area contributed by atoms with Crippen molar-refractivity contribution < 1.29 is 22.3 Å². The van der Waals surface area contributed by atoms with E-state index in [1.54, 1.807) is 0 Å². The second-order valence-electron chi connectivity index (χ2n) is 3.94. The Morgan fingerprint density at radius 3 is 2.19 bits per heavy atom. The second kappa shape index (κ2) is 5.91. The Hall–Kier alpha value is -1.17. The van der Waals surface area contributed by atoms with Crippen LogP contribution in [0.3, 0.4) is 0 Å². The second-order valence-corrected chi connectivity index (χ2v) is 5.16. The van der Waals surface area contributed by atoms with Gasteiger partial charge in [-0.15, -0.1) is 13.2 Å². The lowest BCUT2D eigenvalue weighted by atomic mass is 10.1. The van der Waals surface area contributed by atoms with Gasteiger partial charge in [0, 0.05) is 10.6 Å². The van der Waals surface area contributed by atoms with Gasteiger partial charge in [-0.05, 0) is 29.8 Å². The SMILES string of the molecule is Fc1cc(-c2cc(Cl)cc(Cl)c2Cl)ccc1OC(F)(F)F. The predicted octanol–water partition coefficient (Wildman–Crippen LogP) is 6.35. The molecule has 0 amide bonds. The van der Waals surface area contributed by atoms with Gasteiger partial charge in [-0.1, -0.05) is 40.9 Å². The molecule has 0 radical (unpaired) electrons. The Morgan fingerprint density at radius 2 is 1.62 bits per heavy atom. The fourth-order valence-electron chi connectivity index (χ4n) is 1.64.